The first-order chi connectivity index (χ1) is 23.1. The molecule has 0 aliphatic heterocycles. The van der Waals surface area contributed by atoms with E-state index in [2.05, 4.69) is 34.4 Å². The van der Waals surface area contributed by atoms with Gasteiger partial charge < -0.3 is 54.2 Å². The zero-order chi connectivity index (χ0) is 37.0. The second kappa shape index (κ2) is 36.1. The van der Waals surface area contributed by atoms with Gasteiger partial charge in [-0.2, -0.15) is 0 Å². The molecule has 0 aliphatic rings. The molecular formula is C32H58N4O12. The molecule has 48 heavy (non-hydrogen) atoms. The van der Waals surface area contributed by atoms with E-state index < -0.39 is 18.3 Å². The lowest BCUT2D eigenvalue weighted by Crippen LogP contribution is -2.35. The van der Waals surface area contributed by atoms with Crippen molar-refractivity contribution >= 4 is 37.5 Å². The summed E-state index contributed by atoms with van der Waals surface area (Å²) >= 11 is 0. The molecule has 0 radical (unpaired) electrons. The summed E-state index contributed by atoms with van der Waals surface area (Å²) in [5.41, 5.74) is 0.578. The predicted molar refractivity (Wildman–Crippen MR) is 179 cm³/mol. The Bertz CT molecular complexity index is 843. The molecular weight excluding hydrogens is 632 g/mol. The van der Waals surface area contributed by atoms with Crippen molar-refractivity contribution in [3.63, 3.8) is 0 Å². The van der Waals surface area contributed by atoms with Crippen molar-refractivity contribution in [2.75, 3.05) is 66.4 Å². The van der Waals surface area contributed by atoms with Crippen molar-refractivity contribution in [2.24, 2.45) is 11.8 Å². The highest BCUT2D eigenvalue weighted by Gasteiger charge is 2.18. The summed E-state index contributed by atoms with van der Waals surface area (Å²) in [4.78, 5) is 63.2. The number of nitrogens with one attached hydrogen (secondary N) is 4. The van der Waals surface area contributed by atoms with Gasteiger partial charge in [0.05, 0.1) is 19.8 Å². The number of hydrogen-bond donors (Lipinski definition) is 6. The largest absolute Gasteiger partial charge is 0.446 e. The highest BCUT2D eigenvalue weighted by molar-refractivity contribution is 5.75. The monoisotopic (exact) mass is 690 g/mol. The number of alkyl carbamates (subject to hydrolysis) is 2. The highest BCUT2D eigenvalue weighted by Crippen LogP contribution is 2.06. The highest BCUT2D eigenvalue weighted by atomic mass is 16.6. The van der Waals surface area contributed by atoms with Crippen molar-refractivity contribution in [3.8, 4) is 0 Å². The lowest BCUT2D eigenvalue weighted by atomic mass is 10.1. The minimum Gasteiger partial charge on any atom is -0.446 e. The fraction of sp³-hybridized carbons (Fsp3) is 0.688. The third kappa shape index (κ3) is 32.2. The molecule has 0 bridgehead atoms. The van der Waals surface area contributed by atoms with Crippen molar-refractivity contribution in [1.29, 1.82) is 0 Å². The summed E-state index contributed by atoms with van der Waals surface area (Å²) in [5.74, 6) is -0.854. The van der Waals surface area contributed by atoms with E-state index >= 15 is 0 Å². The molecule has 0 aliphatic carbocycles. The number of carbonyl (C=O) groups is 6. The van der Waals surface area contributed by atoms with Gasteiger partial charge in [-0.1, -0.05) is 27.0 Å². The normalized spacial score (nSPS) is 11.9. The number of carbonyl (C=O) groups excluding carboxylic acids is 6. The number of ether oxygens (including phenoxy) is 4. The van der Waals surface area contributed by atoms with Crippen LogP contribution in [0.3, 0.4) is 0 Å². The first kappa shape index (κ1) is 48.7. The Morgan fingerprint density at radius 1 is 0.750 bits per heavy atom. The third-order valence-electron chi connectivity index (χ3n) is 6.14. The molecule has 0 rings (SSSR count). The molecule has 6 N–H and O–H groups in total. The molecule has 0 heterocycles. The number of unbranched alkanes of at least 4 members (excludes halogenated alkanes) is 3. The number of rotatable bonds is 27. The Morgan fingerprint density at radius 2 is 1.27 bits per heavy atom. The first-order valence-corrected chi connectivity index (χ1v) is 15.8. The van der Waals surface area contributed by atoms with E-state index in [4.69, 9.17) is 34.0 Å². The van der Waals surface area contributed by atoms with E-state index in [0.29, 0.717) is 45.4 Å². The standard InChI is InChI=1S/C26H48N4O9.C5H8O2.CH2O/c1-19(15-31)21(3)29-25(34)38-17-23(18-39-26(35)30-22(4)20(2)16-32)37-13-8-9-24(33)28-11-14-36-12-7-6-10-27-5;6-4-2-1-3-5-7;1-2/h19-20,23,27,31-32H,3-4,6-18H2,1-2,5H3,(H,28,33)(H,29,34)(H,30,35);4-5H,1-3H2;1H2. The van der Waals surface area contributed by atoms with Crippen molar-refractivity contribution in [3.05, 3.63) is 24.6 Å². The maximum atomic E-state index is 12.0. The van der Waals surface area contributed by atoms with Crippen LogP contribution in [-0.4, -0.2) is 120 Å². The van der Waals surface area contributed by atoms with Gasteiger partial charge in [0.15, 0.2) is 0 Å². The summed E-state index contributed by atoms with van der Waals surface area (Å²) in [6, 6.07) is 0. The quantitative estimate of drug-likeness (QED) is 0.0530. The van der Waals surface area contributed by atoms with Gasteiger partial charge in [0, 0.05) is 62.3 Å². The molecule has 0 spiro atoms. The number of aliphatic hydroxyl groups excluding tert-OH is 2. The molecule has 16 heteroatoms. The van der Waals surface area contributed by atoms with E-state index in [1.165, 1.54) is 0 Å². The average molecular weight is 691 g/mol. The molecule has 278 valence electrons. The van der Waals surface area contributed by atoms with Crippen molar-refractivity contribution in [2.45, 2.75) is 64.9 Å². The number of hydrogen-bond acceptors (Lipinski definition) is 13. The van der Waals surface area contributed by atoms with E-state index in [9.17, 15) is 24.0 Å². The fourth-order valence-corrected chi connectivity index (χ4v) is 3.01. The average Bonchev–Trinajstić information content (AvgIpc) is 3.09. The number of aliphatic hydroxyl groups is 2. The van der Waals surface area contributed by atoms with Crippen molar-refractivity contribution in [1.82, 2.24) is 21.3 Å². The van der Waals surface area contributed by atoms with Crippen LogP contribution < -0.4 is 21.3 Å². The lowest BCUT2D eigenvalue weighted by molar-refractivity contribution is -0.122. The van der Waals surface area contributed by atoms with Crippen LogP contribution in [0.1, 0.15) is 58.8 Å². The van der Waals surface area contributed by atoms with E-state index in [-0.39, 0.29) is 68.6 Å². The molecule has 16 nitrogen and oxygen atoms in total. The number of aldehydes is 2. The van der Waals surface area contributed by atoms with Crippen LogP contribution in [0.4, 0.5) is 9.59 Å². The molecule has 0 saturated carbocycles. The smallest absolute Gasteiger partial charge is 0.411 e. The van der Waals surface area contributed by atoms with Crippen LogP contribution in [0.2, 0.25) is 0 Å². The topological polar surface area (TPSA) is 228 Å². The van der Waals surface area contributed by atoms with E-state index in [1.807, 2.05) is 13.8 Å². The summed E-state index contributed by atoms with van der Waals surface area (Å²) in [6.07, 6.45) is 3.56. The van der Waals surface area contributed by atoms with E-state index in [1.54, 1.807) is 13.8 Å². The Morgan fingerprint density at radius 3 is 1.73 bits per heavy atom. The molecule has 0 fully saturated rings. The van der Waals surface area contributed by atoms with Gasteiger partial charge in [-0.25, -0.2) is 9.59 Å². The van der Waals surface area contributed by atoms with E-state index in [0.717, 1.165) is 32.0 Å². The van der Waals surface area contributed by atoms with Gasteiger partial charge in [-0.05, 0) is 39.3 Å². The Labute approximate surface area is 284 Å². The number of amides is 3. The van der Waals surface area contributed by atoms with Crippen LogP contribution in [-0.2, 0) is 38.1 Å². The molecule has 0 saturated heterocycles. The summed E-state index contributed by atoms with van der Waals surface area (Å²) < 4.78 is 21.5. The van der Waals surface area contributed by atoms with Crippen LogP contribution >= 0.6 is 0 Å². The molecule has 0 aromatic carbocycles. The summed E-state index contributed by atoms with van der Waals surface area (Å²) in [5, 5.41) is 29.0. The van der Waals surface area contributed by atoms with Gasteiger partial charge in [-0.15, -0.1) is 0 Å². The minimum atomic E-state index is -0.812. The SMILES string of the molecule is C=C(NC(=O)OCC(COC(=O)NC(=C)C(C)CO)OCCCC(=O)NCCOCCCCNC)C(C)CO.C=O.O=CCCCC=O. The molecule has 2 atom stereocenters. The Kier molecular flexibility index (Phi) is 36.7. The van der Waals surface area contributed by atoms with Crippen LogP contribution in [0.25, 0.3) is 0 Å². The minimum absolute atomic E-state index is 0.145. The summed E-state index contributed by atoms with van der Waals surface area (Å²) in [7, 11) is 1.90. The van der Waals surface area contributed by atoms with Crippen LogP contribution in [0.15, 0.2) is 24.6 Å². The van der Waals surface area contributed by atoms with Gasteiger partial charge >= 0.3 is 12.2 Å². The Hall–Kier alpha value is -3.70. The second-order valence-corrected chi connectivity index (χ2v) is 10.3. The first-order valence-electron chi connectivity index (χ1n) is 15.8. The van der Waals surface area contributed by atoms with Gasteiger partial charge in [0.1, 0.15) is 38.7 Å². The molecule has 0 aromatic rings. The maximum Gasteiger partial charge on any atom is 0.411 e. The zero-order valence-electron chi connectivity index (χ0n) is 28.8. The van der Waals surface area contributed by atoms with Crippen LogP contribution in [0, 0.1) is 11.8 Å². The predicted octanol–water partition coefficient (Wildman–Crippen LogP) is 1.39. The van der Waals surface area contributed by atoms with Crippen molar-refractivity contribution < 1.29 is 57.9 Å². The Balaban J connectivity index is -0.00000198. The maximum absolute atomic E-state index is 12.0. The lowest BCUT2D eigenvalue weighted by Gasteiger charge is -2.20. The third-order valence-corrected chi connectivity index (χ3v) is 6.14. The summed E-state index contributed by atoms with van der Waals surface area (Å²) in [6.45, 7) is 14.4. The zero-order valence-corrected chi connectivity index (χ0v) is 28.8. The molecule has 2 unspecified atom stereocenters. The van der Waals surface area contributed by atoms with Gasteiger partial charge in [0.2, 0.25) is 5.91 Å². The molecule has 3 amide bonds. The van der Waals surface area contributed by atoms with Gasteiger partial charge in [0.25, 0.3) is 0 Å². The molecule has 0 aromatic heterocycles. The van der Waals surface area contributed by atoms with Gasteiger partial charge in [-0.3, -0.25) is 15.4 Å². The van der Waals surface area contributed by atoms with Crippen LogP contribution in [0.5, 0.6) is 0 Å². The second-order valence-electron chi connectivity index (χ2n) is 10.3. The fourth-order valence-electron chi connectivity index (χ4n) is 3.01.